The van der Waals surface area contributed by atoms with Crippen molar-refractivity contribution < 1.29 is 23.1 Å². The van der Waals surface area contributed by atoms with Gasteiger partial charge in [0, 0.05) is 11.6 Å². The van der Waals surface area contributed by atoms with Crippen molar-refractivity contribution in [2.24, 2.45) is 5.73 Å². The van der Waals surface area contributed by atoms with Crippen LogP contribution >= 0.6 is 23.2 Å². The fourth-order valence-corrected chi connectivity index (χ4v) is 5.69. The Hall–Kier alpha value is -2.13. The lowest BCUT2D eigenvalue weighted by atomic mass is 10.1. The lowest BCUT2D eigenvalue weighted by Gasteiger charge is -2.25. The van der Waals surface area contributed by atoms with E-state index in [1.807, 2.05) is 0 Å². The van der Waals surface area contributed by atoms with Gasteiger partial charge in [-0.25, -0.2) is 13.2 Å². The van der Waals surface area contributed by atoms with Crippen molar-refractivity contribution in [2.45, 2.75) is 28.6 Å². The van der Waals surface area contributed by atoms with Crippen LogP contribution in [0.15, 0.2) is 53.4 Å². The number of hydrogen-bond acceptors (Lipinski definition) is 5. The predicted molar refractivity (Wildman–Crippen MR) is 109 cm³/mol. The first kappa shape index (κ1) is 21.6. The molecule has 1 aliphatic heterocycles. The van der Waals surface area contributed by atoms with Crippen LogP contribution < -0.4 is 5.73 Å². The molecule has 0 radical (unpaired) electrons. The summed E-state index contributed by atoms with van der Waals surface area (Å²) < 4.78 is 26.0. The van der Waals surface area contributed by atoms with E-state index in [0.717, 1.165) is 4.90 Å². The summed E-state index contributed by atoms with van der Waals surface area (Å²) in [6, 6.07) is 9.73. The molecule has 3 N–H and O–H groups in total. The van der Waals surface area contributed by atoms with Crippen molar-refractivity contribution in [1.29, 1.82) is 0 Å². The lowest BCUT2D eigenvalue weighted by Crippen LogP contribution is -2.45. The van der Waals surface area contributed by atoms with E-state index in [-0.39, 0.29) is 22.9 Å². The number of rotatable bonds is 5. The molecular formula is C19H18Cl2N2O5S. The van der Waals surface area contributed by atoms with E-state index in [9.17, 15) is 23.1 Å². The molecule has 1 saturated heterocycles. The number of benzene rings is 2. The van der Waals surface area contributed by atoms with Crippen LogP contribution in [-0.2, 0) is 19.4 Å². The van der Waals surface area contributed by atoms with E-state index in [1.54, 1.807) is 30.3 Å². The van der Waals surface area contributed by atoms with E-state index in [1.165, 1.54) is 18.2 Å². The van der Waals surface area contributed by atoms with Gasteiger partial charge in [0.25, 0.3) is 0 Å². The van der Waals surface area contributed by atoms with Gasteiger partial charge in [0.1, 0.15) is 12.1 Å². The maximum absolute atomic E-state index is 13.0. The molecule has 0 saturated carbocycles. The largest absolute Gasteiger partial charge is 0.480 e. The van der Waals surface area contributed by atoms with Crippen molar-refractivity contribution in [1.82, 2.24) is 4.90 Å². The first-order chi connectivity index (χ1) is 13.6. The Morgan fingerprint density at radius 3 is 2.31 bits per heavy atom. The monoisotopic (exact) mass is 456 g/mol. The minimum atomic E-state index is -3.95. The zero-order chi connectivity index (χ0) is 21.3. The van der Waals surface area contributed by atoms with E-state index in [0.29, 0.717) is 10.6 Å². The average Bonchev–Trinajstić information content (AvgIpc) is 3.14. The molecule has 0 spiro atoms. The Balaban J connectivity index is 1.89. The molecule has 2 aromatic rings. The second kappa shape index (κ2) is 8.31. The number of hydrogen-bond donors (Lipinski definition) is 2. The first-order valence-corrected chi connectivity index (χ1v) is 11.0. The maximum atomic E-state index is 13.0. The molecule has 1 aliphatic rings. The Kier molecular flexibility index (Phi) is 6.19. The second-order valence-corrected chi connectivity index (χ2v) is 9.75. The highest BCUT2D eigenvalue weighted by Crippen LogP contribution is 2.33. The van der Waals surface area contributed by atoms with Crippen LogP contribution in [0.25, 0.3) is 0 Å². The fraction of sp³-hybridized carbons (Fsp3) is 0.263. The van der Waals surface area contributed by atoms with Crippen LogP contribution in [0.3, 0.4) is 0 Å². The molecule has 1 heterocycles. The minimum absolute atomic E-state index is 0.0435. The van der Waals surface area contributed by atoms with Gasteiger partial charge in [0.15, 0.2) is 9.84 Å². The highest BCUT2D eigenvalue weighted by atomic mass is 35.5. The number of likely N-dealkylation sites (tertiary alicyclic amines) is 1. The summed E-state index contributed by atoms with van der Waals surface area (Å²) in [7, 11) is -3.95. The average molecular weight is 457 g/mol. The van der Waals surface area contributed by atoms with E-state index < -0.39 is 39.0 Å². The van der Waals surface area contributed by atoms with E-state index in [2.05, 4.69) is 0 Å². The molecule has 1 fully saturated rings. The molecule has 3 rings (SSSR count). The third-order valence-electron chi connectivity index (χ3n) is 4.91. The Bertz CT molecular complexity index is 1040. The number of carbonyl (C=O) groups excluding carboxylic acids is 1. The van der Waals surface area contributed by atoms with Crippen molar-refractivity contribution >= 4 is 44.9 Å². The molecule has 1 amide bonds. The highest BCUT2D eigenvalue weighted by molar-refractivity contribution is 7.92. The zero-order valence-corrected chi connectivity index (χ0v) is 17.4. The topological polar surface area (TPSA) is 118 Å². The van der Waals surface area contributed by atoms with Crippen LogP contribution in [0.4, 0.5) is 0 Å². The van der Waals surface area contributed by atoms with Crippen LogP contribution in [0, 0.1) is 0 Å². The Labute approximate surface area is 177 Å². The summed E-state index contributed by atoms with van der Waals surface area (Å²) >= 11 is 11.9. The van der Waals surface area contributed by atoms with Gasteiger partial charge in [-0.05, 0) is 36.2 Å². The second-order valence-electron chi connectivity index (χ2n) is 6.71. The Morgan fingerprint density at radius 2 is 1.72 bits per heavy atom. The maximum Gasteiger partial charge on any atom is 0.326 e. The van der Waals surface area contributed by atoms with Gasteiger partial charge < -0.3 is 15.7 Å². The van der Waals surface area contributed by atoms with E-state index >= 15 is 0 Å². The van der Waals surface area contributed by atoms with Gasteiger partial charge in [0.05, 0.1) is 15.2 Å². The van der Waals surface area contributed by atoms with Crippen molar-refractivity contribution in [3.05, 3.63) is 64.1 Å². The summed E-state index contributed by atoms with van der Waals surface area (Å²) in [4.78, 5) is 25.6. The molecular weight excluding hydrogens is 439 g/mol. The number of sulfone groups is 1. The van der Waals surface area contributed by atoms with Gasteiger partial charge in [-0.15, -0.1) is 0 Å². The number of nitrogens with zero attached hydrogens (tertiary/aromatic N) is 1. The number of nitrogens with two attached hydrogens (primary N) is 1. The summed E-state index contributed by atoms with van der Waals surface area (Å²) in [5, 5.41) is 8.96. The number of carboxylic acid groups (broad SMARTS) is 1. The number of aliphatic carboxylic acids is 1. The van der Waals surface area contributed by atoms with Crippen molar-refractivity contribution in [3.63, 3.8) is 0 Å². The number of amides is 1. The smallest absolute Gasteiger partial charge is 0.326 e. The van der Waals surface area contributed by atoms with Crippen LogP contribution in [0.2, 0.25) is 10.0 Å². The molecule has 7 nitrogen and oxygen atoms in total. The third kappa shape index (κ3) is 4.25. The molecule has 3 atom stereocenters. The molecule has 0 aromatic heterocycles. The van der Waals surface area contributed by atoms with E-state index in [4.69, 9.17) is 28.9 Å². The molecule has 29 heavy (non-hydrogen) atoms. The number of carboxylic acids is 1. The van der Waals surface area contributed by atoms with Crippen LogP contribution in [-0.4, -0.2) is 48.1 Å². The SMILES string of the molecule is NC(C(=O)N1C[C@H](S(=O)(=O)c2ccccc2Cl)C[C@H]1C(=O)O)c1ccc(Cl)cc1. The van der Waals surface area contributed by atoms with Gasteiger partial charge in [0.2, 0.25) is 5.91 Å². The normalized spacial score (nSPS) is 20.4. The summed E-state index contributed by atoms with van der Waals surface area (Å²) in [5.41, 5.74) is 6.47. The molecule has 1 unspecified atom stereocenters. The molecule has 0 bridgehead atoms. The van der Waals surface area contributed by atoms with Gasteiger partial charge in [-0.3, -0.25) is 4.79 Å². The molecule has 154 valence electrons. The standard InChI is InChI=1S/C19H18Cl2N2O5S/c20-12-7-5-11(6-8-12)17(22)18(24)23-10-13(9-15(23)19(25)26)29(27,28)16-4-2-1-3-14(16)21/h1-8,13,15,17H,9-10,22H2,(H,25,26)/t13-,15+,17?/m1/s1. The summed E-state index contributed by atoms with van der Waals surface area (Å²) in [5.74, 6) is -1.96. The number of halogens is 2. The lowest BCUT2D eigenvalue weighted by molar-refractivity contribution is -0.148. The van der Waals surface area contributed by atoms with Gasteiger partial charge >= 0.3 is 5.97 Å². The molecule has 2 aromatic carbocycles. The van der Waals surface area contributed by atoms with Crippen LogP contribution in [0.1, 0.15) is 18.0 Å². The highest BCUT2D eigenvalue weighted by Gasteiger charge is 2.46. The molecule has 0 aliphatic carbocycles. The van der Waals surface area contributed by atoms with Gasteiger partial charge in [-0.1, -0.05) is 47.5 Å². The summed E-state index contributed by atoms with van der Waals surface area (Å²) in [6.45, 7) is -0.287. The predicted octanol–water partition coefficient (Wildman–Crippen LogP) is 2.52. The Morgan fingerprint density at radius 1 is 1.10 bits per heavy atom. The van der Waals surface area contributed by atoms with Gasteiger partial charge in [-0.2, -0.15) is 0 Å². The van der Waals surface area contributed by atoms with Crippen LogP contribution in [0.5, 0.6) is 0 Å². The molecule has 10 heteroatoms. The van der Waals surface area contributed by atoms with Crippen molar-refractivity contribution in [2.75, 3.05) is 6.54 Å². The van der Waals surface area contributed by atoms with Crippen molar-refractivity contribution in [3.8, 4) is 0 Å². The number of carbonyl (C=O) groups is 2. The first-order valence-electron chi connectivity index (χ1n) is 8.65. The zero-order valence-electron chi connectivity index (χ0n) is 15.0. The minimum Gasteiger partial charge on any atom is -0.480 e. The fourth-order valence-electron chi connectivity index (χ4n) is 3.35. The summed E-state index contributed by atoms with van der Waals surface area (Å²) in [6.07, 6.45) is -0.248. The third-order valence-corrected chi connectivity index (χ3v) is 7.79. The quantitative estimate of drug-likeness (QED) is 0.713.